The average Bonchev–Trinajstić information content (AvgIpc) is 2.81. The number of carbonyl (C=O) groups is 1. The number of rotatable bonds is 3. The molecule has 0 saturated heterocycles. The van der Waals surface area contributed by atoms with Gasteiger partial charge in [-0.05, 0) is 36.6 Å². The number of benzene rings is 1. The third-order valence-electron chi connectivity index (χ3n) is 3.57. The lowest BCUT2D eigenvalue weighted by molar-refractivity contribution is -0.113. The van der Waals surface area contributed by atoms with E-state index in [1.54, 1.807) is 28.6 Å². The number of carbonyl (C=O) groups excluding carboxylic acids is 1. The molecule has 1 aliphatic heterocycles. The van der Waals surface area contributed by atoms with Crippen LogP contribution >= 0.6 is 11.8 Å². The lowest BCUT2D eigenvalue weighted by atomic mass is 10.0. The molecule has 1 aromatic heterocycles. The summed E-state index contributed by atoms with van der Waals surface area (Å²) in [5.74, 6) is 1.36. The van der Waals surface area contributed by atoms with Gasteiger partial charge in [0, 0.05) is 10.8 Å². The van der Waals surface area contributed by atoms with Crippen molar-refractivity contribution in [2.75, 3.05) is 11.1 Å². The van der Waals surface area contributed by atoms with E-state index in [0.29, 0.717) is 17.5 Å². The predicted octanol–water partition coefficient (Wildman–Crippen LogP) is 3.78. The topological polar surface area (TPSA) is 46.9 Å². The van der Waals surface area contributed by atoms with Crippen LogP contribution in [0.1, 0.15) is 31.1 Å². The molecule has 0 fully saturated rings. The lowest BCUT2D eigenvalue weighted by Crippen LogP contribution is -2.15. The van der Waals surface area contributed by atoms with E-state index >= 15 is 0 Å². The van der Waals surface area contributed by atoms with Crippen molar-refractivity contribution in [3.05, 3.63) is 41.8 Å². The van der Waals surface area contributed by atoms with Gasteiger partial charge >= 0.3 is 0 Å². The minimum atomic E-state index is -0.292. The van der Waals surface area contributed by atoms with Gasteiger partial charge in [0.15, 0.2) is 0 Å². The first-order chi connectivity index (χ1) is 10.5. The smallest absolute Gasteiger partial charge is 0.235 e. The Kier molecular flexibility index (Phi) is 4.20. The number of aromatic nitrogens is 2. The molecule has 0 radical (unpaired) electrons. The summed E-state index contributed by atoms with van der Waals surface area (Å²) in [6.45, 7) is 4.34. The largest absolute Gasteiger partial charge is 0.310 e. The van der Waals surface area contributed by atoms with Crippen molar-refractivity contribution >= 4 is 23.5 Å². The first-order valence-corrected chi connectivity index (χ1v) is 8.35. The zero-order valence-corrected chi connectivity index (χ0v) is 13.4. The SMILES string of the molecule is CC(C)C[C@H]1SCC(=O)Nc2c1cnn2-c1ccc(F)cc1. The third kappa shape index (κ3) is 3.02. The molecule has 4 nitrogen and oxygen atoms in total. The summed E-state index contributed by atoms with van der Waals surface area (Å²) in [6, 6.07) is 6.10. The maximum Gasteiger partial charge on any atom is 0.235 e. The van der Waals surface area contributed by atoms with Gasteiger partial charge in [-0.15, -0.1) is 11.8 Å². The van der Waals surface area contributed by atoms with Crippen molar-refractivity contribution in [2.45, 2.75) is 25.5 Å². The summed E-state index contributed by atoms with van der Waals surface area (Å²) in [7, 11) is 0. The minimum absolute atomic E-state index is 0.0265. The van der Waals surface area contributed by atoms with Gasteiger partial charge in [-0.2, -0.15) is 5.10 Å². The molecular formula is C16H18FN3OS. The summed E-state index contributed by atoms with van der Waals surface area (Å²) in [5, 5.41) is 7.57. The first kappa shape index (κ1) is 15.1. The molecule has 116 valence electrons. The number of hydrogen-bond acceptors (Lipinski definition) is 3. The second-order valence-electron chi connectivity index (χ2n) is 5.81. The second kappa shape index (κ2) is 6.12. The van der Waals surface area contributed by atoms with Crippen LogP contribution < -0.4 is 5.32 Å². The fraction of sp³-hybridized carbons (Fsp3) is 0.375. The van der Waals surface area contributed by atoms with Crippen molar-refractivity contribution in [1.29, 1.82) is 0 Å². The Hall–Kier alpha value is -1.82. The number of thioether (sulfide) groups is 1. The second-order valence-corrected chi connectivity index (χ2v) is 7.01. The molecule has 1 N–H and O–H groups in total. The van der Waals surface area contributed by atoms with Gasteiger partial charge in [-0.25, -0.2) is 9.07 Å². The van der Waals surface area contributed by atoms with Crippen LogP contribution in [-0.4, -0.2) is 21.4 Å². The van der Waals surface area contributed by atoms with Crippen LogP contribution in [0, 0.1) is 11.7 Å². The molecule has 3 rings (SSSR count). The summed E-state index contributed by atoms with van der Waals surface area (Å²) in [6.07, 6.45) is 2.80. The molecule has 22 heavy (non-hydrogen) atoms. The van der Waals surface area contributed by atoms with Gasteiger partial charge in [-0.1, -0.05) is 13.8 Å². The highest BCUT2D eigenvalue weighted by Gasteiger charge is 2.27. The zero-order valence-electron chi connectivity index (χ0n) is 12.5. The van der Waals surface area contributed by atoms with Crippen molar-refractivity contribution in [2.24, 2.45) is 5.92 Å². The third-order valence-corrected chi connectivity index (χ3v) is 4.85. The Morgan fingerprint density at radius 3 is 2.82 bits per heavy atom. The van der Waals surface area contributed by atoms with Gasteiger partial charge < -0.3 is 5.32 Å². The number of halogens is 1. The molecule has 1 aromatic carbocycles. The molecule has 2 aromatic rings. The van der Waals surface area contributed by atoms with Gasteiger partial charge in [0.1, 0.15) is 11.6 Å². The van der Waals surface area contributed by atoms with E-state index in [1.165, 1.54) is 12.1 Å². The van der Waals surface area contributed by atoms with Crippen LogP contribution in [-0.2, 0) is 4.79 Å². The van der Waals surface area contributed by atoms with Crippen molar-refractivity contribution in [3.8, 4) is 5.69 Å². The van der Waals surface area contributed by atoms with Crippen molar-refractivity contribution in [1.82, 2.24) is 9.78 Å². The molecule has 2 heterocycles. The molecule has 0 bridgehead atoms. The number of amides is 1. The fourth-order valence-corrected chi connectivity index (χ4v) is 3.86. The molecule has 1 aliphatic rings. The highest BCUT2D eigenvalue weighted by molar-refractivity contribution is 8.00. The maximum atomic E-state index is 13.1. The van der Waals surface area contributed by atoms with Crippen LogP contribution in [0.5, 0.6) is 0 Å². The van der Waals surface area contributed by atoms with E-state index in [2.05, 4.69) is 24.3 Å². The maximum absolute atomic E-state index is 13.1. The molecule has 6 heteroatoms. The molecule has 0 unspecified atom stereocenters. The standard InChI is InChI=1S/C16H18FN3OS/c1-10(2)7-14-13-8-18-20(12-5-3-11(17)4-6-12)16(13)19-15(21)9-22-14/h3-6,8,10,14H,7,9H2,1-2H3,(H,19,21)/t14-/m1/s1. The number of fused-ring (bicyclic) bond motifs is 1. The number of anilines is 1. The number of nitrogens with one attached hydrogen (secondary N) is 1. The van der Waals surface area contributed by atoms with Crippen LogP contribution in [0.15, 0.2) is 30.5 Å². The van der Waals surface area contributed by atoms with E-state index < -0.39 is 0 Å². The lowest BCUT2D eigenvalue weighted by Gasteiger charge is -2.15. The summed E-state index contributed by atoms with van der Waals surface area (Å²) >= 11 is 1.65. The van der Waals surface area contributed by atoms with Crippen LogP contribution in [0.3, 0.4) is 0 Å². The quantitative estimate of drug-likeness (QED) is 0.936. The van der Waals surface area contributed by atoms with Gasteiger partial charge in [0.05, 0.1) is 17.6 Å². The van der Waals surface area contributed by atoms with E-state index in [0.717, 1.165) is 17.7 Å². The first-order valence-electron chi connectivity index (χ1n) is 7.30. The van der Waals surface area contributed by atoms with Crippen molar-refractivity contribution in [3.63, 3.8) is 0 Å². The Morgan fingerprint density at radius 1 is 1.41 bits per heavy atom. The molecule has 0 spiro atoms. The normalized spacial score (nSPS) is 18.0. The van der Waals surface area contributed by atoms with E-state index in [9.17, 15) is 9.18 Å². The average molecular weight is 319 g/mol. The molecule has 0 aliphatic carbocycles. The highest BCUT2D eigenvalue weighted by atomic mass is 32.2. The van der Waals surface area contributed by atoms with Crippen LogP contribution in [0.4, 0.5) is 10.2 Å². The van der Waals surface area contributed by atoms with E-state index in [-0.39, 0.29) is 17.0 Å². The number of hydrogen-bond donors (Lipinski definition) is 1. The fourth-order valence-electron chi connectivity index (χ4n) is 2.56. The van der Waals surface area contributed by atoms with Crippen LogP contribution in [0.2, 0.25) is 0 Å². The predicted molar refractivity (Wildman–Crippen MR) is 86.8 cm³/mol. The molecule has 0 saturated carbocycles. The zero-order chi connectivity index (χ0) is 15.7. The Labute approximate surface area is 133 Å². The molecular weight excluding hydrogens is 301 g/mol. The van der Waals surface area contributed by atoms with Gasteiger partial charge in [0.2, 0.25) is 5.91 Å². The summed E-state index contributed by atoms with van der Waals surface area (Å²) < 4.78 is 14.8. The van der Waals surface area contributed by atoms with E-state index in [1.807, 2.05) is 6.20 Å². The molecule has 1 atom stereocenters. The summed E-state index contributed by atoms with van der Waals surface area (Å²) in [5.41, 5.74) is 1.77. The van der Waals surface area contributed by atoms with Gasteiger partial charge in [-0.3, -0.25) is 4.79 Å². The Bertz CT molecular complexity index is 681. The van der Waals surface area contributed by atoms with Gasteiger partial charge in [0.25, 0.3) is 0 Å². The monoisotopic (exact) mass is 319 g/mol. The van der Waals surface area contributed by atoms with Crippen molar-refractivity contribution < 1.29 is 9.18 Å². The molecule has 1 amide bonds. The summed E-state index contributed by atoms with van der Waals surface area (Å²) in [4.78, 5) is 12.0. The Morgan fingerprint density at radius 2 is 2.14 bits per heavy atom. The Balaban J connectivity index is 2.03. The minimum Gasteiger partial charge on any atom is -0.310 e. The van der Waals surface area contributed by atoms with E-state index in [4.69, 9.17) is 0 Å². The number of nitrogens with zero attached hydrogens (tertiary/aromatic N) is 2. The highest BCUT2D eigenvalue weighted by Crippen LogP contribution is 2.41. The van der Waals surface area contributed by atoms with Crippen LogP contribution in [0.25, 0.3) is 5.69 Å².